The van der Waals surface area contributed by atoms with Crippen molar-refractivity contribution in [1.29, 1.82) is 0 Å². The maximum atomic E-state index is 12.2. The van der Waals surface area contributed by atoms with Crippen LogP contribution in [0.15, 0.2) is 39.8 Å². The first-order valence-electron chi connectivity index (χ1n) is 6.44. The lowest BCUT2D eigenvalue weighted by atomic mass is 10.3. The van der Waals surface area contributed by atoms with Gasteiger partial charge >= 0.3 is 0 Å². The van der Waals surface area contributed by atoms with Crippen molar-refractivity contribution >= 4 is 37.4 Å². The van der Waals surface area contributed by atoms with Crippen molar-refractivity contribution in [2.24, 2.45) is 0 Å². The molecule has 1 aromatic carbocycles. The second kappa shape index (κ2) is 7.38. The molecule has 1 aromatic heterocycles. The average molecular weight is 393 g/mol. The fraction of sp³-hybridized carbons (Fsp3) is 0.385. The quantitative estimate of drug-likeness (QED) is 0.680. The third-order valence-electron chi connectivity index (χ3n) is 2.91. The van der Waals surface area contributed by atoms with Crippen LogP contribution in [-0.4, -0.2) is 35.0 Å². The number of alkyl halides is 1. The van der Waals surface area contributed by atoms with E-state index in [2.05, 4.69) is 26.2 Å². The van der Waals surface area contributed by atoms with E-state index < -0.39 is 9.84 Å². The highest BCUT2D eigenvalue weighted by atomic mass is 79.9. The van der Waals surface area contributed by atoms with Gasteiger partial charge in [0.15, 0.2) is 9.84 Å². The summed E-state index contributed by atoms with van der Waals surface area (Å²) in [5, 5.41) is 7.92. The topological polar surface area (TPSA) is 64.8 Å². The Hall–Kier alpha value is -0.920. The van der Waals surface area contributed by atoms with Crippen molar-refractivity contribution < 1.29 is 8.42 Å². The molecular weight excluding hydrogens is 378 g/mol. The molecule has 1 heterocycles. The van der Waals surface area contributed by atoms with E-state index in [9.17, 15) is 8.42 Å². The molecule has 0 radical (unpaired) electrons. The molecular formula is C13H15BrClN3O2S. The number of rotatable bonds is 7. The molecule has 0 saturated heterocycles. The highest BCUT2D eigenvalue weighted by Crippen LogP contribution is 2.16. The molecule has 0 amide bonds. The Bertz CT molecular complexity index is 686. The number of aryl methyl sites for hydroxylation is 2. The van der Waals surface area contributed by atoms with Crippen LogP contribution in [0.5, 0.6) is 0 Å². The summed E-state index contributed by atoms with van der Waals surface area (Å²) in [6, 6.07) is 6.61. The minimum atomic E-state index is -3.31. The Kier molecular flexibility index (Phi) is 5.78. The molecule has 0 N–H and O–H groups in total. The zero-order valence-corrected chi connectivity index (χ0v) is 14.4. The van der Waals surface area contributed by atoms with Gasteiger partial charge < -0.3 is 0 Å². The minimum Gasteiger partial charge on any atom is -0.251 e. The normalized spacial score (nSPS) is 11.7. The van der Waals surface area contributed by atoms with Crippen LogP contribution >= 0.6 is 27.5 Å². The molecule has 0 unspecified atom stereocenters. The maximum Gasteiger partial charge on any atom is 0.180 e. The van der Waals surface area contributed by atoms with E-state index >= 15 is 0 Å². The van der Waals surface area contributed by atoms with Gasteiger partial charge in [0.05, 0.1) is 22.9 Å². The number of hydrogen-bond donors (Lipinski definition) is 0. The maximum absolute atomic E-state index is 12.2. The van der Waals surface area contributed by atoms with Gasteiger partial charge in [-0.1, -0.05) is 21.1 Å². The second-order valence-electron chi connectivity index (χ2n) is 4.54. The van der Waals surface area contributed by atoms with Gasteiger partial charge in [-0.25, -0.2) is 8.42 Å². The van der Waals surface area contributed by atoms with Crippen molar-refractivity contribution in [3.05, 3.63) is 40.6 Å². The third-order valence-corrected chi connectivity index (χ3v) is 5.42. The summed E-state index contributed by atoms with van der Waals surface area (Å²) in [7, 11) is -3.31. The number of benzene rings is 1. The van der Waals surface area contributed by atoms with Crippen LogP contribution in [0.2, 0.25) is 0 Å². The lowest BCUT2D eigenvalue weighted by Gasteiger charge is -2.04. The van der Waals surface area contributed by atoms with E-state index in [0.29, 0.717) is 10.8 Å². The summed E-state index contributed by atoms with van der Waals surface area (Å²) in [5.41, 5.74) is 0.830. The molecule has 0 spiro atoms. The summed E-state index contributed by atoms with van der Waals surface area (Å²) in [5.74, 6) is 0.567. The van der Waals surface area contributed by atoms with Crippen LogP contribution in [0.4, 0.5) is 0 Å². The summed E-state index contributed by atoms with van der Waals surface area (Å²) in [6.07, 6.45) is 3.35. The fourth-order valence-electron chi connectivity index (χ4n) is 1.78. The van der Waals surface area contributed by atoms with Gasteiger partial charge in [0.1, 0.15) is 0 Å². The van der Waals surface area contributed by atoms with Crippen LogP contribution in [0.3, 0.4) is 0 Å². The molecule has 0 aliphatic rings. The van der Waals surface area contributed by atoms with Gasteiger partial charge in [-0.3, -0.25) is 4.68 Å². The molecule has 0 atom stereocenters. The van der Waals surface area contributed by atoms with Crippen LogP contribution in [-0.2, 0) is 22.8 Å². The first kappa shape index (κ1) is 16.5. The molecule has 0 bridgehead atoms. The molecule has 0 aliphatic carbocycles. The smallest absolute Gasteiger partial charge is 0.180 e. The lowest BCUT2D eigenvalue weighted by Crippen LogP contribution is -2.13. The van der Waals surface area contributed by atoms with Crippen LogP contribution < -0.4 is 0 Å². The van der Waals surface area contributed by atoms with Crippen LogP contribution in [0.1, 0.15) is 12.1 Å². The Morgan fingerprint density at radius 3 is 2.62 bits per heavy atom. The summed E-state index contributed by atoms with van der Waals surface area (Å²) < 4.78 is 26.8. The Balaban J connectivity index is 1.98. The molecule has 2 aromatic rings. The van der Waals surface area contributed by atoms with Gasteiger partial charge in [0, 0.05) is 16.5 Å². The van der Waals surface area contributed by atoms with Gasteiger partial charge in [-0.2, -0.15) is 0 Å². The highest BCUT2D eigenvalue weighted by Gasteiger charge is 2.14. The Morgan fingerprint density at radius 1 is 1.24 bits per heavy atom. The lowest BCUT2D eigenvalue weighted by molar-refractivity contribution is 0.575. The van der Waals surface area contributed by atoms with E-state index in [1.807, 2.05) is 0 Å². The molecule has 0 aliphatic heterocycles. The van der Waals surface area contributed by atoms with Crippen molar-refractivity contribution in [2.45, 2.75) is 24.3 Å². The number of sulfone groups is 1. The molecule has 0 fully saturated rings. The standard InChI is InChI=1S/C13H15BrClN3O2S/c14-11-3-5-13(6-4-11)21(19,20)9-8-18-10-12(16-17-18)2-1-7-15/h3-6,10H,1-2,7-9H2. The van der Waals surface area contributed by atoms with Gasteiger partial charge in [-0.05, 0) is 37.1 Å². The van der Waals surface area contributed by atoms with Crippen LogP contribution in [0, 0.1) is 0 Å². The number of nitrogens with zero attached hydrogens (tertiary/aromatic N) is 3. The fourth-order valence-corrected chi connectivity index (χ4v) is 3.40. The predicted octanol–water partition coefficient (Wildman–Crippen LogP) is 2.69. The van der Waals surface area contributed by atoms with Crippen molar-refractivity contribution in [3.8, 4) is 0 Å². The number of aromatic nitrogens is 3. The van der Waals surface area contributed by atoms with Crippen molar-refractivity contribution in [3.63, 3.8) is 0 Å². The van der Waals surface area contributed by atoms with E-state index in [0.717, 1.165) is 23.0 Å². The van der Waals surface area contributed by atoms with E-state index in [-0.39, 0.29) is 12.3 Å². The highest BCUT2D eigenvalue weighted by molar-refractivity contribution is 9.10. The van der Waals surface area contributed by atoms with Gasteiger partial charge in [0.25, 0.3) is 0 Å². The molecule has 0 saturated carbocycles. The summed E-state index contributed by atoms with van der Waals surface area (Å²) in [4.78, 5) is 0.313. The summed E-state index contributed by atoms with van der Waals surface area (Å²) in [6.45, 7) is 0.284. The SMILES string of the molecule is O=S(=O)(CCn1cc(CCCCl)nn1)c1ccc(Br)cc1. The molecule has 114 valence electrons. The Labute approximate surface area is 137 Å². The zero-order chi connectivity index (χ0) is 15.3. The van der Waals surface area contributed by atoms with Crippen molar-refractivity contribution in [1.82, 2.24) is 15.0 Å². The second-order valence-corrected chi connectivity index (χ2v) is 7.94. The first-order chi connectivity index (χ1) is 10.0. The van der Waals surface area contributed by atoms with Gasteiger partial charge in [-0.15, -0.1) is 16.7 Å². The molecule has 2 rings (SSSR count). The van der Waals surface area contributed by atoms with Crippen LogP contribution in [0.25, 0.3) is 0 Å². The van der Waals surface area contributed by atoms with E-state index in [4.69, 9.17) is 11.6 Å². The van der Waals surface area contributed by atoms with Gasteiger partial charge in [0.2, 0.25) is 0 Å². The average Bonchev–Trinajstić information content (AvgIpc) is 2.91. The minimum absolute atomic E-state index is 0.00701. The third kappa shape index (κ3) is 4.79. The molecule has 5 nitrogen and oxygen atoms in total. The predicted molar refractivity (Wildman–Crippen MR) is 85.3 cm³/mol. The molecule has 21 heavy (non-hydrogen) atoms. The number of halogens is 2. The monoisotopic (exact) mass is 391 g/mol. The Morgan fingerprint density at radius 2 is 1.95 bits per heavy atom. The molecule has 8 heteroatoms. The largest absolute Gasteiger partial charge is 0.251 e. The van der Waals surface area contributed by atoms with Crippen molar-refractivity contribution in [2.75, 3.05) is 11.6 Å². The number of hydrogen-bond acceptors (Lipinski definition) is 4. The zero-order valence-electron chi connectivity index (χ0n) is 11.2. The van der Waals surface area contributed by atoms with E-state index in [1.165, 1.54) is 0 Å². The first-order valence-corrected chi connectivity index (χ1v) is 9.42. The summed E-state index contributed by atoms with van der Waals surface area (Å²) >= 11 is 8.91. The van der Waals surface area contributed by atoms with E-state index in [1.54, 1.807) is 35.1 Å².